The maximum absolute atomic E-state index is 12.5. The van der Waals surface area contributed by atoms with E-state index in [4.69, 9.17) is 0 Å². The lowest BCUT2D eigenvalue weighted by Crippen LogP contribution is -2.02. The molecule has 1 aromatic carbocycles. The molecule has 0 heterocycles. The predicted molar refractivity (Wildman–Crippen MR) is 58.7 cm³/mol. The summed E-state index contributed by atoms with van der Waals surface area (Å²) < 4.78 is 25.3. The van der Waals surface area contributed by atoms with Crippen LogP contribution in [-0.4, -0.2) is 5.78 Å². The van der Waals surface area contributed by atoms with E-state index >= 15 is 0 Å². The molecule has 0 aliphatic carbocycles. The molecule has 14 heavy (non-hydrogen) atoms. The average Bonchev–Trinajstić information content (AvgIpc) is 2.16. The van der Waals surface area contributed by atoms with Crippen LogP contribution in [0.2, 0.25) is 0 Å². The zero-order valence-electron chi connectivity index (χ0n) is 7.56. The molecule has 0 aromatic heterocycles. The molecular weight excluding hydrogens is 301 g/mol. The fourth-order valence-electron chi connectivity index (χ4n) is 1.12. The average molecular weight is 310 g/mol. The fourth-order valence-corrected chi connectivity index (χ4v) is 2.02. The second-order valence-electron chi connectivity index (χ2n) is 2.79. The minimum Gasteiger partial charge on any atom is -0.294 e. The highest BCUT2D eigenvalue weighted by Crippen LogP contribution is 2.27. The van der Waals surface area contributed by atoms with Gasteiger partial charge in [0.2, 0.25) is 0 Å². The van der Waals surface area contributed by atoms with Crippen molar-refractivity contribution < 1.29 is 13.6 Å². The molecule has 0 radical (unpaired) electrons. The Hall–Kier alpha value is -0.520. The molecule has 0 N–H and O–H groups in total. The number of Topliss-reactive ketones (excluding diaryl/α,β-unsaturated/α-hetero) is 1. The molecule has 0 aliphatic rings. The number of carbonyl (C=O) groups excluding carboxylic acids is 1. The molecular formula is C10H9F2IO. The smallest absolute Gasteiger partial charge is 0.264 e. The summed E-state index contributed by atoms with van der Waals surface area (Å²) in [4.78, 5) is 11.4. The Bertz CT molecular complexity index is 350. The van der Waals surface area contributed by atoms with Gasteiger partial charge in [-0.3, -0.25) is 4.79 Å². The summed E-state index contributed by atoms with van der Waals surface area (Å²) in [6.07, 6.45) is -2.19. The first-order chi connectivity index (χ1) is 6.57. The molecule has 0 aliphatic heterocycles. The van der Waals surface area contributed by atoms with Gasteiger partial charge in [-0.2, -0.15) is 0 Å². The van der Waals surface area contributed by atoms with Crippen LogP contribution in [0.1, 0.15) is 35.7 Å². The van der Waals surface area contributed by atoms with Gasteiger partial charge >= 0.3 is 0 Å². The minimum atomic E-state index is -2.52. The van der Waals surface area contributed by atoms with E-state index in [2.05, 4.69) is 0 Å². The Morgan fingerprint density at radius 3 is 2.64 bits per heavy atom. The van der Waals surface area contributed by atoms with Crippen molar-refractivity contribution in [2.24, 2.45) is 0 Å². The molecule has 4 heteroatoms. The number of rotatable bonds is 3. The van der Waals surface area contributed by atoms with Crippen molar-refractivity contribution in [1.82, 2.24) is 0 Å². The molecule has 0 spiro atoms. The normalized spacial score (nSPS) is 10.6. The van der Waals surface area contributed by atoms with E-state index in [9.17, 15) is 13.6 Å². The summed E-state index contributed by atoms with van der Waals surface area (Å²) in [6.45, 7) is 1.72. The van der Waals surface area contributed by atoms with Gasteiger partial charge in [-0.1, -0.05) is 25.1 Å². The molecule has 0 atom stereocenters. The van der Waals surface area contributed by atoms with Gasteiger partial charge in [-0.25, -0.2) is 8.78 Å². The Morgan fingerprint density at radius 1 is 1.50 bits per heavy atom. The van der Waals surface area contributed by atoms with Crippen molar-refractivity contribution in [3.8, 4) is 0 Å². The van der Waals surface area contributed by atoms with Gasteiger partial charge in [-0.05, 0) is 22.6 Å². The number of ketones is 1. The maximum atomic E-state index is 12.5. The molecule has 0 saturated carbocycles. The van der Waals surface area contributed by atoms with Gasteiger partial charge in [0.1, 0.15) is 0 Å². The molecule has 0 bridgehead atoms. The highest BCUT2D eigenvalue weighted by molar-refractivity contribution is 14.1. The zero-order valence-corrected chi connectivity index (χ0v) is 9.72. The van der Waals surface area contributed by atoms with Gasteiger partial charge in [0, 0.05) is 21.1 Å². The largest absolute Gasteiger partial charge is 0.294 e. The molecule has 76 valence electrons. The van der Waals surface area contributed by atoms with Gasteiger partial charge in [0.25, 0.3) is 6.43 Å². The summed E-state index contributed by atoms with van der Waals surface area (Å²) in [5.41, 5.74) is 0.329. The van der Waals surface area contributed by atoms with Crippen LogP contribution in [0.3, 0.4) is 0 Å². The van der Waals surface area contributed by atoms with Crippen molar-refractivity contribution in [2.45, 2.75) is 19.8 Å². The predicted octanol–water partition coefficient (Wildman–Crippen LogP) is 3.82. The van der Waals surface area contributed by atoms with Gasteiger partial charge in [0.15, 0.2) is 5.78 Å². The second kappa shape index (κ2) is 4.82. The summed E-state index contributed by atoms with van der Waals surface area (Å²) in [6, 6.07) is 4.42. The Labute approximate surface area is 94.6 Å². The molecule has 1 aromatic rings. The highest BCUT2D eigenvalue weighted by Gasteiger charge is 2.16. The number of halogens is 3. The van der Waals surface area contributed by atoms with Gasteiger partial charge in [-0.15, -0.1) is 0 Å². The lowest BCUT2D eigenvalue weighted by Gasteiger charge is -2.07. The third-order valence-electron chi connectivity index (χ3n) is 1.89. The van der Waals surface area contributed by atoms with Crippen LogP contribution in [0.4, 0.5) is 8.78 Å². The van der Waals surface area contributed by atoms with Gasteiger partial charge in [0.05, 0.1) is 0 Å². The zero-order chi connectivity index (χ0) is 10.7. The van der Waals surface area contributed by atoms with Crippen LogP contribution in [-0.2, 0) is 0 Å². The Balaban J connectivity index is 3.20. The fraction of sp³-hybridized carbons (Fsp3) is 0.300. The monoisotopic (exact) mass is 310 g/mol. The first-order valence-corrected chi connectivity index (χ1v) is 5.25. The number of carbonyl (C=O) groups is 1. The summed E-state index contributed by atoms with van der Waals surface area (Å²) in [7, 11) is 0. The summed E-state index contributed by atoms with van der Waals surface area (Å²) in [5.74, 6) is -0.100. The van der Waals surface area contributed by atoms with E-state index in [-0.39, 0.29) is 11.3 Å². The second-order valence-corrected chi connectivity index (χ2v) is 3.86. The third kappa shape index (κ3) is 2.29. The van der Waals surface area contributed by atoms with Crippen LogP contribution in [0, 0.1) is 3.57 Å². The van der Waals surface area contributed by atoms with Crippen LogP contribution in [0.15, 0.2) is 18.2 Å². The molecule has 0 fully saturated rings. The van der Waals surface area contributed by atoms with Gasteiger partial charge < -0.3 is 0 Å². The van der Waals surface area contributed by atoms with Crippen molar-refractivity contribution in [1.29, 1.82) is 0 Å². The van der Waals surface area contributed by atoms with E-state index in [1.54, 1.807) is 35.6 Å². The first kappa shape index (κ1) is 11.6. The maximum Gasteiger partial charge on any atom is 0.264 e. The summed E-state index contributed by atoms with van der Waals surface area (Å²) in [5, 5.41) is 0. The standard InChI is InChI=1S/C10H9F2IO/c1-2-8(14)6-4-3-5-7(9(6)13)10(11)12/h3-5,10H,2H2,1H3. The van der Waals surface area contributed by atoms with Crippen molar-refractivity contribution in [2.75, 3.05) is 0 Å². The van der Waals surface area contributed by atoms with E-state index < -0.39 is 6.43 Å². The van der Waals surface area contributed by atoms with Crippen molar-refractivity contribution >= 4 is 28.4 Å². The van der Waals surface area contributed by atoms with E-state index in [0.29, 0.717) is 15.6 Å². The molecule has 0 saturated heterocycles. The third-order valence-corrected chi connectivity index (χ3v) is 3.09. The Kier molecular flexibility index (Phi) is 3.97. The minimum absolute atomic E-state index is 0.0649. The van der Waals surface area contributed by atoms with Crippen LogP contribution < -0.4 is 0 Å². The molecule has 0 amide bonds. The van der Waals surface area contributed by atoms with E-state index in [0.717, 1.165) is 0 Å². The van der Waals surface area contributed by atoms with E-state index in [1.165, 1.54) is 12.1 Å². The van der Waals surface area contributed by atoms with Crippen molar-refractivity contribution in [3.63, 3.8) is 0 Å². The van der Waals surface area contributed by atoms with Crippen LogP contribution in [0.25, 0.3) is 0 Å². The molecule has 0 unspecified atom stereocenters. The van der Waals surface area contributed by atoms with Crippen LogP contribution in [0.5, 0.6) is 0 Å². The topological polar surface area (TPSA) is 17.1 Å². The first-order valence-electron chi connectivity index (χ1n) is 4.17. The van der Waals surface area contributed by atoms with Crippen LogP contribution >= 0.6 is 22.6 Å². The Morgan fingerprint density at radius 2 is 2.14 bits per heavy atom. The lowest BCUT2D eigenvalue weighted by molar-refractivity contribution is 0.0986. The number of alkyl halides is 2. The SMILES string of the molecule is CCC(=O)c1cccc(C(F)F)c1I. The number of hydrogen-bond donors (Lipinski definition) is 0. The molecule has 1 nitrogen and oxygen atoms in total. The number of benzene rings is 1. The van der Waals surface area contributed by atoms with Crippen molar-refractivity contribution in [3.05, 3.63) is 32.9 Å². The number of hydrogen-bond acceptors (Lipinski definition) is 1. The highest BCUT2D eigenvalue weighted by atomic mass is 127. The van der Waals surface area contributed by atoms with E-state index in [1.807, 2.05) is 0 Å². The lowest BCUT2D eigenvalue weighted by atomic mass is 10.1. The quantitative estimate of drug-likeness (QED) is 0.613. The molecule has 1 rings (SSSR count). The summed E-state index contributed by atoms with van der Waals surface area (Å²) >= 11 is 1.79.